The summed E-state index contributed by atoms with van der Waals surface area (Å²) < 4.78 is 31.4. The van der Waals surface area contributed by atoms with Gasteiger partial charge in [0.15, 0.2) is 0 Å². The fourth-order valence-electron chi connectivity index (χ4n) is 1.72. The first-order valence-electron chi connectivity index (χ1n) is 5.78. The van der Waals surface area contributed by atoms with E-state index in [2.05, 4.69) is 4.98 Å². The van der Waals surface area contributed by atoms with Crippen molar-refractivity contribution in [1.82, 2.24) is 9.29 Å². The maximum absolute atomic E-state index is 12.5. The smallest absolute Gasteiger partial charge is 0.244 e. The Hall–Kier alpha value is -0.400. The van der Waals surface area contributed by atoms with E-state index >= 15 is 0 Å². The molecule has 1 aliphatic rings. The summed E-state index contributed by atoms with van der Waals surface area (Å²) in [7, 11) is -2.06. The molecule has 1 heterocycles. The topological polar surface area (TPSA) is 59.5 Å². The monoisotopic (exact) mass is 324 g/mol. The van der Waals surface area contributed by atoms with Crippen molar-refractivity contribution in [2.24, 2.45) is 0 Å². The van der Waals surface area contributed by atoms with Gasteiger partial charge in [-0.3, -0.25) is 0 Å². The zero-order valence-corrected chi connectivity index (χ0v) is 12.7. The predicted octanol–water partition coefficient (Wildman–Crippen LogP) is 2.19. The van der Waals surface area contributed by atoms with Crippen LogP contribution in [-0.2, 0) is 14.8 Å². The second-order valence-corrected chi connectivity index (χ2v) is 6.94. The molecule has 0 bridgehead atoms. The number of methoxy groups -OCH3 is 1. The molecule has 1 fully saturated rings. The minimum atomic E-state index is -3.60. The SMILES string of the molecule is COCCN(C1CC1)S(=O)(=O)c1cnc(Cl)c(Cl)c1. The molecule has 106 valence electrons. The van der Waals surface area contributed by atoms with Gasteiger partial charge in [0, 0.05) is 25.9 Å². The number of ether oxygens (including phenoxy) is 1. The molecule has 8 heteroatoms. The second-order valence-electron chi connectivity index (χ2n) is 4.28. The quantitative estimate of drug-likeness (QED) is 0.752. The highest BCUT2D eigenvalue weighted by Crippen LogP contribution is 2.32. The van der Waals surface area contributed by atoms with Crippen LogP contribution in [0.1, 0.15) is 12.8 Å². The molecule has 0 amide bonds. The molecule has 1 aliphatic carbocycles. The van der Waals surface area contributed by atoms with Gasteiger partial charge in [0.05, 0.1) is 11.6 Å². The Morgan fingerprint density at radius 3 is 2.68 bits per heavy atom. The van der Waals surface area contributed by atoms with Gasteiger partial charge in [-0.2, -0.15) is 4.31 Å². The van der Waals surface area contributed by atoms with Gasteiger partial charge in [-0.1, -0.05) is 23.2 Å². The average molecular weight is 325 g/mol. The van der Waals surface area contributed by atoms with Gasteiger partial charge in [0.2, 0.25) is 10.0 Å². The van der Waals surface area contributed by atoms with Crippen LogP contribution in [0.3, 0.4) is 0 Å². The van der Waals surface area contributed by atoms with Crippen molar-refractivity contribution in [3.63, 3.8) is 0 Å². The highest BCUT2D eigenvalue weighted by Gasteiger charge is 2.38. The third kappa shape index (κ3) is 3.38. The Morgan fingerprint density at radius 1 is 1.47 bits per heavy atom. The Balaban J connectivity index is 2.30. The van der Waals surface area contributed by atoms with E-state index in [0.29, 0.717) is 13.2 Å². The fraction of sp³-hybridized carbons (Fsp3) is 0.545. The van der Waals surface area contributed by atoms with E-state index in [-0.39, 0.29) is 21.1 Å². The predicted molar refractivity (Wildman–Crippen MR) is 73.0 cm³/mol. The summed E-state index contributed by atoms with van der Waals surface area (Å²) in [5, 5.41) is 0.223. The lowest BCUT2D eigenvalue weighted by atomic mass is 10.5. The summed E-state index contributed by atoms with van der Waals surface area (Å²) >= 11 is 11.5. The molecular weight excluding hydrogens is 311 g/mol. The molecule has 0 radical (unpaired) electrons. The van der Waals surface area contributed by atoms with E-state index in [9.17, 15) is 8.42 Å². The third-order valence-electron chi connectivity index (χ3n) is 2.85. The largest absolute Gasteiger partial charge is 0.383 e. The molecule has 0 unspecified atom stereocenters. The fourth-order valence-corrected chi connectivity index (χ4v) is 3.70. The highest BCUT2D eigenvalue weighted by molar-refractivity contribution is 7.89. The lowest BCUT2D eigenvalue weighted by Gasteiger charge is -2.21. The first-order chi connectivity index (χ1) is 8.96. The first kappa shape index (κ1) is 15.0. The van der Waals surface area contributed by atoms with Gasteiger partial charge in [0.25, 0.3) is 0 Å². The standard InChI is InChI=1S/C11H14Cl2N2O3S/c1-18-5-4-15(8-2-3-8)19(16,17)9-6-10(12)11(13)14-7-9/h6-8H,2-5H2,1H3. The first-order valence-corrected chi connectivity index (χ1v) is 7.98. The van der Waals surface area contributed by atoms with Crippen LogP contribution in [0.2, 0.25) is 10.2 Å². The average Bonchev–Trinajstić information content (AvgIpc) is 3.17. The normalized spacial score (nSPS) is 16.0. The molecule has 0 aliphatic heterocycles. The van der Waals surface area contributed by atoms with Gasteiger partial charge >= 0.3 is 0 Å². The van der Waals surface area contributed by atoms with Gasteiger partial charge in [0.1, 0.15) is 10.0 Å². The maximum Gasteiger partial charge on any atom is 0.244 e. The van der Waals surface area contributed by atoms with Crippen molar-refractivity contribution in [2.75, 3.05) is 20.3 Å². The zero-order chi connectivity index (χ0) is 14.0. The van der Waals surface area contributed by atoms with Crippen LogP contribution >= 0.6 is 23.2 Å². The molecule has 2 rings (SSSR count). The Labute approximate surface area is 122 Å². The second kappa shape index (κ2) is 5.93. The summed E-state index contributed by atoms with van der Waals surface area (Å²) in [6.07, 6.45) is 2.97. The van der Waals surface area contributed by atoms with Crippen LogP contribution in [-0.4, -0.2) is 44.0 Å². The van der Waals surface area contributed by atoms with E-state index in [1.807, 2.05) is 0 Å². The van der Waals surface area contributed by atoms with Crippen molar-refractivity contribution in [3.05, 3.63) is 22.4 Å². The molecule has 0 saturated heterocycles. The van der Waals surface area contributed by atoms with Gasteiger partial charge < -0.3 is 4.74 Å². The molecule has 1 aromatic rings. The molecule has 19 heavy (non-hydrogen) atoms. The van der Waals surface area contributed by atoms with Gasteiger partial charge in [-0.05, 0) is 18.9 Å². The lowest BCUT2D eigenvalue weighted by Crippen LogP contribution is -2.35. The summed E-state index contributed by atoms with van der Waals surface area (Å²) in [6.45, 7) is 0.675. The summed E-state index contributed by atoms with van der Waals surface area (Å²) in [4.78, 5) is 3.84. The number of pyridine rings is 1. The molecule has 1 aromatic heterocycles. The van der Waals surface area contributed by atoms with Crippen LogP contribution in [0.5, 0.6) is 0 Å². The number of halogens is 2. The number of nitrogens with zero attached hydrogens (tertiary/aromatic N) is 2. The van der Waals surface area contributed by atoms with E-state index in [4.69, 9.17) is 27.9 Å². The molecular formula is C11H14Cl2N2O3S. The summed E-state index contributed by atoms with van der Waals surface area (Å²) in [5.74, 6) is 0. The zero-order valence-electron chi connectivity index (χ0n) is 10.3. The molecule has 5 nitrogen and oxygen atoms in total. The maximum atomic E-state index is 12.5. The summed E-state index contributed by atoms with van der Waals surface area (Å²) in [6, 6.07) is 1.38. The number of hydrogen-bond acceptors (Lipinski definition) is 4. The Bertz CT molecular complexity index is 561. The van der Waals surface area contributed by atoms with E-state index in [0.717, 1.165) is 12.8 Å². The number of sulfonamides is 1. The van der Waals surface area contributed by atoms with Gasteiger partial charge in [-0.25, -0.2) is 13.4 Å². The number of rotatable bonds is 6. The van der Waals surface area contributed by atoms with Crippen LogP contribution in [0.4, 0.5) is 0 Å². The highest BCUT2D eigenvalue weighted by atomic mass is 35.5. The molecule has 0 N–H and O–H groups in total. The number of aromatic nitrogens is 1. The third-order valence-corrected chi connectivity index (χ3v) is 5.45. The van der Waals surface area contributed by atoms with Crippen LogP contribution < -0.4 is 0 Å². The van der Waals surface area contributed by atoms with Crippen molar-refractivity contribution in [1.29, 1.82) is 0 Å². The van der Waals surface area contributed by atoms with Crippen LogP contribution in [0.25, 0.3) is 0 Å². The minimum absolute atomic E-state index is 0.0506. The minimum Gasteiger partial charge on any atom is -0.383 e. The lowest BCUT2D eigenvalue weighted by molar-refractivity contribution is 0.177. The van der Waals surface area contributed by atoms with E-state index in [1.54, 1.807) is 7.11 Å². The van der Waals surface area contributed by atoms with Crippen molar-refractivity contribution in [2.45, 2.75) is 23.8 Å². The van der Waals surface area contributed by atoms with Crippen molar-refractivity contribution in [3.8, 4) is 0 Å². The molecule has 0 spiro atoms. The molecule has 0 aromatic carbocycles. The molecule has 1 saturated carbocycles. The van der Waals surface area contributed by atoms with E-state index in [1.165, 1.54) is 16.6 Å². The molecule has 0 atom stereocenters. The van der Waals surface area contributed by atoms with Crippen molar-refractivity contribution < 1.29 is 13.2 Å². The number of hydrogen-bond donors (Lipinski definition) is 0. The van der Waals surface area contributed by atoms with Crippen molar-refractivity contribution >= 4 is 33.2 Å². The Morgan fingerprint density at radius 2 is 2.16 bits per heavy atom. The summed E-state index contributed by atoms with van der Waals surface area (Å²) in [5.41, 5.74) is 0. The van der Waals surface area contributed by atoms with Crippen LogP contribution in [0, 0.1) is 0 Å². The van der Waals surface area contributed by atoms with Gasteiger partial charge in [-0.15, -0.1) is 0 Å². The Kier molecular flexibility index (Phi) is 4.68. The van der Waals surface area contributed by atoms with E-state index < -0.39 is 10.0 Å². The van der Waals surface area contributed by atoms with Crippen LogP contribution in [0.15, 0.2) is 17.2 Å².